The van der Waals surface area contributed by atoms with E-state index in [9.17, 15) is 4.39 Å². The third-order valence-electron chi connectivity index (χ3n) is 6.07. The fourth-order valence-corrected chi connectivity index (χ4v) is 4.58. The van der Waals surface area contributed by atoms with Crippen molar-refractivity contribution in [2.45, 2.75) is 39.4 Å². The van der Waals surface area contributed by atoms with E-state index in [-0.39, 0.29) is 11.9 Å². The van der Waals surface area contributed by atoms with E-state index < -0.39 is 0 Å². The molecule has 0 bridgehead atoms. The SMILES string of the molecule is CCn1cc(CN2CCc3c([nH]c4ccccc34)[C@H]2c2ccc(F)cc2)c(C)n1. The number of aromatic amines is 1. The van der Waals surface area contributed by atoms with Crippen molar-refractivity contribution in [2.24, 2.45) is 0 Å². The topological polar surface area (TPSA) is 36.9 Å². The van der Waals surface area contributed by atoms with Gasteiger partial charge in [-0.3, -0.25) is 9.58 Å². The Morgan fingerprint density at radius 3 is 2.69 bits per heavy atom. The Balaban J connectivity index is 1.60. The zero-order valence-corrected chi connectivity index (χ0v) is 16.8. The second kappa shape index (κ2) is 7.16. The van der Waals surface area contributed by atoms with Crippen LogP contribution in [0, 0.1) is 12.7 Å². The first-order chi connectivity index (χ1) is 14.1. The lowest BCUT2D eigenvalue weighted by molar-refractivity contribution is 0.201. The summed E-state index contributed by atoms with van der Waals surface area (Å²) in [5.74, 6) is -0.201. The Kier molecular flexibility index (Phi) is 4.47. The number of benzene rings is 2. The van der Waals surface area contributed by atoms with E-state index in [1.807, 2.05) is 16.8 Å². The van der Waals surface area contributed by atoms with Crippen LogP contribution in [-0.2, 0) is 19.5 Å². The summed E-state index contributed by atoms with van der Waals surface area (Å²) >= 11 is 0. The molecule has 1 atom stereocenters. The number of para-hydroxylation sites is 1. The molecule has 5 heteroatoms. The zero-order chi connectivity index (χ0) is 20.0. The third kappa shape index (κ3) is 3.15. The zero-order valence-electron chi connectivity index (χ0n) is 16.8. The summed E-state index contributed by atoms with van der Waals surface area (Å²) in [7, 11) is 0. The highest BCUT2D eigenvalue weighted by atomic mass is 19.1. The highest BCUT2D eigenvalue weighted by Crippen LogP contribution is 2.39. The lowest BCUT2D eigenvalue weighted by atomic mass is 9.92. The van der Waals surface area contributed by atoms with Crippen molar-refractivity contribution >= 4 is 10.9 Å². The van der Waals surface area contributed by atoms with E-state index in [1.54, 1.807) is 12.1 Å². The monoisotopic (exact) mass is 388 g/mol. The van der Waals surface area contributed by atoms with Crippen molar-refractivity contribution in [3.8, 4) is 0 Å². The summed E-state index contributed by atoms with van der Waals surface area (Å²) in [5, 5.41) is 5.91. The van der Waals surface area contributed by atoms with Crippen molar-refractivity contribution in [3.63, 3.8) is 0 Å². The lowest BCUT2D eigenvalue weighted by Crippen LogP contribution is -2.35. The number of aryl methyl sites for hydroxylation is 2. The van der Waals surface area contributed by atoms with Gasteiger partial charge in [0.05, 0.1) is 11.7 Å². The van der Waals surface area contributed by atoms with Crippen LogP contribution in [0.5, 0.6) is 0 Å². The predicted molar refractivity (Wildman–Crippen MR) is 113 cm³/mol. The number of halogens is 1. The van der Waals surface area contributed by atoms with Crippen LogP contribution < -0.4 is 0 Å². The summed E-state index contributed by atoms with van der Waals surface area (Å²) in [6.07, 6.45) is 3.15. The van der Waals surface area contributed by atoms with Gasteiger partial charge in [0.1, 0.15) is 5.82 Å². The first-order valence-electron chi connectivity index (χ1n) is 10.3. The van der Waals surface area contributed by atoms with Crippen LogP contribution in [0.15, 0.2) is 54.7 Å². The standard InChI is InChI=1S/C24H25FN4/c1-3-29-15-18(16(2)27-29)14-28-13-12-21-20-6-4-5-7-22(20)26-23(21)24(28)17-8-10-19(25)11-9-17/h4-11,15,24,26H,3,12-14H2,1-2H3/t24-/m1/s1. The number of hydrogen-bond acceptors (Lipinski definition) is 2. The smallest absolute Gasteiger partial charge is 0.123 e. The normalized spacial score (nSPS) is 17.0. The Hall–Kier alpha value is -2.92. The lowest BCUT2D eigenvalue weighted by Gasteiger charge is -2.36. The molecule has 1 N–H and O–H groups in total. The van der Waals surface area contributed by atoms with Crippen LogP contribution >= 0.6 is 0 Å². The van der Waals surface area contributed by atoms with Crippen molar-refractivity contribution < 1.29 is 4.39 Å². The summed E-state index contributed by atoms with van der Waals surface area (Å²) in [6, 6.07) is 15.5. The second-order valence-corrected chi connectivity index (χ2v) is 7.83. The van der Waals surface area contributed by atoms with Gasteiger partial charge in [0.2, 0.25) is 0 Å². The van der Waals surface area contributed by atoms with Crippen LogP contribution in [0.3, 0.4) is 0 Å². The van der Waals surface area contributed by atoms with Crippen LogP contribution in [0.25, 0.3) is 10.9 Å². The van der Waals surface area contributed by atoms with Gasteiger partial charge in [-0.2, -0.15) is 5.10 Å². The molecule has 0 saturated carbocycles. The third-order valence-corrected chi connectivity index (χ3v) is 6.07. The van der Waals surface area contributed by atoms with Gasteiger partial charge < -0.3 is 4.98 Å². The van der Waals surface area contributed by atoms with Crippen molar-refractivity contribution in [3.05, 3.63) is 88.6 Å². The molecule has 0 spiro atoms. The van der Waals surface area contributed by atoms with Crippen molar-refractivity contribution in [2.75, 3.05) is 6.54 Å². The van der Waals surface area contributed by atoms with E-state index in [4.69, 9.17) is 0 Å². The average molecular weight is 388 g/mol. The fourth-order valence-electron chi connectivity index (χ4n) is 4.58. The van der Waals surface area contributed by atoms with E-state index in [1.165, 1.54) is 27.7 Å². The van der Waals surface area contributed by atoms with Crippen LogP contribution in [-0.4, -0.2) is 26.2 Å². The minimum atomic E-state index is -0.201. The summed E-state index contributed by atoms with van der Waals surface area (Å²) in [4.78, 5) is 6.15. The first kappa shape index (κ1) is 18.1. The molecule has 1 aliphatic heterocycles. The molecule has 0 radical (unpaired) electrons. The van der Waals surface area contributed by atoms with Gasteiger partial charge in [0.15, 0.2) is 0 Å². The first-order valence-corrected chi connectivity index (χ1v) is 10.3. The van der Waals surface area contributed by atoms with Crippen LogP contribution in [0.1, 0.15) is 41.0 Å². The minimum Gasteiger partial charge on any atom is -0.357 e. The number of nitrogens with zero attached hydrogens (tertiary/aromatic N) is 3. The number of aromatic nitrogens is 3. The summed E-state index contributed by atoms with van der Waals surface area (Å²) < 4.78 is 15.6. The number of H-pyrrole nitrogens is 1. The van der Waals surface area contributed by atoms with Crippen LogP contribution in [0.4, 0.5) is 4.39 Å². The maximum atomic E-state index is 13.6. The molecular weight excluding hydrogens is 363 g/mol. The molecule has 5 rings (SSSR count). The second-order valence-electron chi connectivity index (χ2n) is 7.83. The molecule has 1 aliphatic rings. The molecule has 0 fully saturated rings. The molecule has 4 aromatic rings. The quantitative estimate of drug-likeness (QED) is 0.535. The fraction of sp³-hybridized carbons (Fsp3) is 0.292. The Morgan fingerprint density at radius 2 is 1.93 bits per heavy atom. The average Bonchev–Trinajstić information content (AvgIpc) is 3.29. The molecule has 0 unspecified atom stereocenters. The van der Waals surface area contributed by atoms with E-state index in [2.05, 4.69) is 59.3 Å². The summed E-state index contributed by atoms with van der Waals surface area (Å²) in [5.41, 5.74) is 7.21. The number of fused-ring (bicyclic) bond motifs is 3. The molecule has 0 amide bonds. The Bertz CT molecular complexity index is 1160. The van der Waals surface area contributed by atoms with Crippen molar-refractivity contribution in [1.29, 1.82) is 0 Å². The van der Waals surface area contributed by atoms with Gasteiger partial charge in [-0.05, 0) is 49.6 Å². The van der Waals surface area contributed by atoms with E-state index in [0.29, 0.717) is 0 Å². The van der Waals surface area contributed by atoms with E-state index in [0.717, 1.165) is 37.3 Å². The minimum absolute atomic E-state index is 0.0659. The molecule has 2 aromatic heterocycles. The van der Waals surface area contributed by atoms with Crippen molar-refractivity contribution in [1.82, 2.24) is 19.7 Å². The van der Waals surface area contributed by atoms with Gasteiger partial charge in [-0.1, -0.05) is 30.3 Å². The molecule has 0 saturated heterocycles. The number of hydrogen-bond donors (Lipinski definition) is 1. The highest BCUT2D eigenvalue weighted by Gasteiger charge is 2.32. The number of rotatable bonds is 4. The molecule has 148 valence electrons. The molecular formula is C24H25FN4. The van der Waals surface area contributed by atoms with Gasteiger partial charge in [0, 0.05) is 48.0 Å². The largest absolute Gasteiger partial charge is 0.357 e. The molecule has 29 heavy (non-hydrogen) atoms. The molecule has 0 aliphatic carbocycles. The Morgan fingerprint density at radius 1 is 1.14 bits per heavy atom. The predicted octanol–water partition coefficient (Wildman–Crippen LogP) is 4.98. The molecule has 4 nitrogen and oxygen atoms in total. The van der Waals surface area contributed by atoms with E-state index >= 15 is 0 Å². The van der Waals surface area contributed by atoms with Gasteiger partial charge in [-0.25, -0.2) is 4.39 Å². The summed E-state index contributed by atoms with van der Waals surface area (Å²) in [6.45, 7) is 6.83. The molecule has 2 aromatic carbocycles. The highest BCUT2D eigenvalue weighted by molar-refractivity contribution is 5.85. The van der Waals surface area contributed by atoms with Crippen LogP contribution in [0.2, 0.25) is 0 Å². The Labute approximate surface area is 170 Å². The number of nitrogens with one attached hydrogen (secondary N) is 1. The maximum absolute atomic E-state index is 13.6. The van der Waals surface area contributed by atoms with Gasteiger partial charge in [-0.15, -0.1) is 0 Å². The van der Waals surface area contributed by atoms with Gasteiger partial charge >= 0.3 is 0 Å². The maximum Gasteiger partial charge on any atom is 0.123 e. The molecule has 3 heterocycles. The van der Waals surface area contributed by atoms with Gasteiger partial charge in [0.25, 0.3) is 0 Å².